The van der Waals surface area contributed by atoms with Crippen LogP contribution in [0.5, 0.6) is 0 Å². The molecule has 2 aromatic rings. The van der Waals surface area contributed by atoms with Gasteiger partial charge in [-0.15, -0.1) is 0 Å². The molecule has 0 bridgehead atoms. The standard InChI is InChI=1S/C19H21N/c1-14-8-11-18-17(12-14)10-9-15(2)19(18)20-13-16-6-4-3-5-7-16/h3-8,11-12,15H,9-10,13H2,1-2H3. The first-order chi connectivity index (χ1) is 9.74. The summed E-state index contributed by atoms with van der Waals surface area (Å²) >= 11 is 0. The maximum atomic E-state index is 4.92. The second-order valence-electron chi connectivity index (χ2n) is 5.79. The Morgan fingerprint density at radius 1 is 1.10 bits per heavy atom. The van der Waals surface area contributed by atoms with Gasteiger partial charge in [0.05, 0.1) is 6.54 Å². The lowest BCUT2D eigenvalue weighted by Gasteiger charge is -2.24. The second-order valence-corrected chi connectivity index (χ2v) is 5.79. The molecule has 0 spiro atoms. The van der Waals surface area contributed by atoms with Gasteiger partial charge in [0.25, 0.3) is 0 Å². The van der Waals surface area contributed by atoms with E-state index in [0.717, 1.165) is 6.54 Å². The topological polar surface area (TPSA) is 12.4 Å². The van der Waals surface area contributed by atoms with Crippen LogP contribution in [0.15, 0.2) is 53.5 Å². The SMILES string of the molecule is Cc1ccc2c(c1)CCC(C)C2=NCc1ccccc1. The molecule has 0 radical (unpaired) electrons. The van der Waals surface area contributed by atoms with Gasteiger partial charge in [0.15, 0.2) is 0 Å². The molecule has 0 fully saturated rings. The molecule has 1 nitrogen and oxygen atoms in total. The molecule has 20 heavy (non-hydrogen) atoms. The molecule has 0 aliphatic heterocycles. The molecule has 0 saturated carbocycles. The van der Waals surface area contributed by atoms with Crippen molar-refractivity contribution in [1.29, 1.82) is 0 Å². The lowest BCUT2D eigenvalue weighted by atomic mass is 9.82. The van der Waals surface area contributed by atoms with Crippen molar-refractivity contribution in [1.82, 2.24) is 0 Å². The van der Waals surface area contributed by atoms with Crippen LogP contribution in [0.4, 0.5) is 0 Å². The molecule has 1 aliphatic rings. The molecule has 1 atom stereocenters. The predicted octanol–water partition coefficient (Wildman–Crippen LogP) is 4.57. The average Bonchev–Trinajstić information content (AvgIpc) is 2.47. The molecule has 1 aliphatic carbocycles. The zero-order valence-corrected chi connectivity index (χ0v) is 12.3. The molecule has 1 unspecified atom stereocenters. The van der Waals surface area contributed by atoms with Crippen LogP contribution in [0.3, 0.4) is 0 Å². The van der Waals surface area contributed by atoms with Crippen LogP contribution >= 0.6 is 0 Å². The highest BCUT2D eigenvalue weighted by molar-refractivity contribution is 6.04. The van der Waals surface area contributed by atoms with Crippen LogP contribution in [-0.4, -0.2) is 5.71 Å². The number of aryl methyl sites for hydroxylation is 2. The van der Waals surface area contributed by atoms with Crippen molar-refractivity contribution in [2.45, 2.75) is 33.2 Å². The first kappa shape index (κ1) is 13.1. The number of fused-ring (bicyclic) bond motifs is 1. The summed E-state index contributed by atoms with van der Waals surface area (Å²) in [5.74, 6) is 0.564. The number of hydrogen-bond donors (Lipinski definition) is 0. The highest BCUT2D eigenvalue weighted by atomic mass is 14.7. The van der Waals surface area contributed by atoms with E-state index in [4.69, 9.17) is 4.99 Å². The molecule has 0 N–H and O–H groups in total. The normalized spacial score (nSPS) is 19.9. The molecule has 0 heterocycles. The summed E-state index contributed by atoms with van der Waals surface area (Å²) in [6, 6.07) is 17.3. The van der Waals surface area contributed by atoms with Crippen LogP contribution in [0.2, 0.25) is 0 Å². The fraction of sp³-hybridized carbons (Fsp3) is 0.316. The maximum absolute atomic E-state index is 4.92. The number of hydrogen-bond acceptors (Lipinski definition) is 1. The largest absolute Gasteiger partial charge is 0.284 e. The summed E-state index contributed by atoms with van der Waals surface area (Å²) in [4.78, 5) is 4.92. The summed E-state index contributed by atoms with van der Waals surface area (Å²) in [7, 11) is 0. The molecule has 2 aromatic carbocycles. The molecule has 3 rings (SSSR count). The van der Waals surface area contributed by atoms with E-state index in [0.29, 0.717) is 5.92 Å². The Morgan fingerprint density at radius 2 is 1.90 bits per heavy atom. The van der Waals surface area contributed by atoms with E-state index in [1.165, 1.54) is 40.8 Å². The maximum Gasteiger partial charge on any atom is 0.0643 e. The fourth-order valence-electron chi connectivity index (χ4n) is 2.95. The fourth-order valence-corrected chi connectivity index (χ4v) is 2.95. The highest BCUT2D eigenvalue weighted by Gasteiger charge is 2.21. The van der Waals surface area contributed by atoms with E-state index in [-0.39, 0.29) is 0 Å². The monoisotopic (exact) mass is 263 g/mol. The number of rotatable bonds is 2. The van der Waals surface area contributed by atoms with E-state index < -0.39 is 0 Å². The number of nitrogens with zero attached hydrogens (tertiary/aromatic N) is 1. The molecular weight excluding hydrogens is 242 g/mol. The summed E-state index contributed by atoms with van der Waals surface area (Å²) in [5, 5.41) is 0. The van der Waals surface area contributed by atoms with Crippen LogP contribution in [0.1, 0.15) is 35.6 Å². The van der Waals surface area contributed by atoms with E-state index in [1.54, 1.807) is 0 Å². The van der Waals surface area contributed by atoms with Gasteiger partial charge in [-0.1, -0.05) is 61.0 Å². The van der Waals surface area contributed by atoms with Crippen molar-refractivity contribution >= 4 is 5.71 Å². The first-order valence-electron chi connectivity index (χ1n) is 7.42. The van der Waals surface area contributed by atoms with Crippen molar-refractivity contribution in [2.75, 3.05) is 0 Å². The van der Waals surface area contributed by atoms with Crippen LogP contribution in [0.25, 0.3) is 0 Å². The number of aliphatic imine (C=N–C) groups is 1. The van der Waals surface area contributed by atoms with Crippen molar-refractivity contribution in [3.63, 3.8) is 0 Å². The van der Waals surface area contributed by atoms with Gasteiger partial charge >= 0.3 is 0 Å². The Morgan fingerprint density at radius 3 is 2.70 bits per heavy atom. The smallest absolute Gasteiger partial charge is 0.0643 e. The molecular formula is C19H21N. The molecule has 0 saturated heterocycles. The third-order valence-corrected chi connectivity index (χ3v) is 4.12. The van der Waals surface area contributed by atoms with Crippen molar-refractivity contribution in [3.8, 4) is 0 Å². The quantitative estimate of drug-likeness (QED) is 0.753. The number of benzene rings is 2. The van der Waals surface area contributed by atoms with Crippen molar-refractivity contribution in [2.24, 2.45) is 10.9 Å². The third-order valence-electron chi connectivity index (χ3n) is 4.12. The van der Waals surface area contributed by atoms with Gasteiger partial charge in [0, 0.05) is 5.71 Å². The lowest BCUT2D eigenvalue weighted by Crippen LogP contribution is -2.21. The molecule has 0 aromatic heterocycles. The zero-order chi connectivity index (χ0) is 13.9. The van der Waals surface area contributed by atoms with Gasteiger partial charge in [-0.2, -0.15) is 0 Å². The minimum atomic E-state index is 0.564. The van der Waals surface area contributed by atoms with Crippen LogP contribution in [0, 0.1) is 12.8 Å². The highest BCUT2D eigenvalue weighted by Crippen LogP contribution is 2.27. The Hall–Kier alpha value is -1.89. The Kier molecular flexibility index (Phi) is 3.68. The van der Waals surface area contributed by atoms with E-state index in [2.05, 4.69) is 62.4 Å². The summed E-state index contributed by atoms with van der Waals surface area (Å²) < 4.78 is 0. The van der Waals surface area contributed by atoms with E-state index in [9.17, 15) is 0 Å². The molecule has 102 valence electrons. The van der Waals surface area contributed by atoms with Gasteiger partial charge in [0.2, 0.25) is 0 Å². The molecule has 0 amide bonds. The second kappa shape index (κ2) is 5.62. The van der Waals surface area contributed by atoms with Gasteiger partial charge in [0.1, 0.15) is 0 Å². The van der Waals surface area contributed by atoms with Crippen molar-refractivity contribution < 1.29 is 0 Å². The van der Waals surface area contributed by atoms with Crippen LogP contribution in [-0.2, 0) is 13.0 Å². The summed E-state index contributed by atoms with van der Waals surface area (Å²) in [6.45, 7) is 5.25. The van der Waals surface area contributed by atoms with Gasteiger partial charge < -0.3 is 0 Å². The zero-order valence-electron chi connectivity index (χ0n) is 12.3. The van der Waals surface area contributed by atoms with E-state index >= 15 is 0 Å². The van der Waals surface area contributed by atoms with Gasteiger partial charge in [-0.25, -0.2) is 0 Å². The van der Waals surface area contributed by atoms with Crippen LogP contribution < -0.4 is 0 Å². The van der Waals surface area contributed by atoms with Crippen molar-refractivity contribution in [3.05, 3.63) is 70.8 Å². The minimum Gasteiger partial charge on any atom is -0.284 e. The minimum absolute atomic E-state index is 0.564. The predicted molar refractivity (Wildman–Crippen MR) is 85.3 cm³/mol. The van der Waals surface area contributed by atoms with Gasteiger partial charge in [-0.3, -0.25) is 4.99 Å². The molecule has 1 heteroatoms. The summed E-state index contributed by atoms with van der Waals surface area (Å²) in [5.41, 5.74) is 6.75. The van der Waals surface area contributed by atoms with E-state index in [1.807, 2.05) is 0 Å². The third kappa shape index (κ3) is 2.67. The van der Waals surface area contributed by atoms with Gasteiger partial charge in [-0.05, 0) is 42.4 Å². The Labute approximate surface area is 121 Å². The summed E-state index contributed by atoms with van der Waals surface area (Å²) in [6.07, 6.45) is 2.40. The average molecular weight is 263 g/mol. The lowest BCUT2D eigenvalue weighted by molar-refractivity contribution is 0.659. The first-order valence-corrected chi connectivity index (χ1v) is 7.42. The Bertz CT molecular complexity index is 625. The Balaban J connectivity index is 1.93.